The smallest absolute Gasteiger partial charge is 0.325 e. The number of imide groups is 1. The van der Waals surface area contributed by atoms with Crippen molar-refractivity contribution in [1.29, 1.82) is 0 Å². The Balaban J connectivity index is 1.43. The number of benzene rings is 1. The summed E-state index contributed by atoms with van der Waals surface area (Å²) in [6.07, 6.45) is 0.626. The van der Waals surface area contributed by atoms with Crippen molar-refractivity contribution in [3.8, 4) is 11.3 Å². The largest absolute Gasteiger partial charge is 0.459 e. The van der Waals surface area contributed by atoms with Crippen LogP contribution in [0.1, 0.15) is 32.4 Å². The van der Waals surface area contributed by atoms with Crippen LogP contribution in [-0.4, -0.2) is 34.8 Å². The Labute approximate surface area is 171 Å². The number of carbonyl (C=O) groups is 3. The first-order valence-electron chi connectivity index (χ1n) is 9.02. The molecule has 0 spiro atoms. The van der Waals surface area contributed by atoms with E-state index >= 15 is 0 Å². The first kappa shape index (κ1) is 20.1. The highest BCUT2D eigenvalue weighted by Crippen LogP contribution is 2.24. The van der Waals surface area contributed by atoms with E-state index in [2.05, 4.69) is 26.6 Å². The Kier molecular flexibility index (Phi) is 5.88. The van der Waals surface area contributed by atoms with Gasteiger partial charge in [-0.25, -0.2) is 4.79 Å². The molecule has 8 heteroatoms. The third kappa shape index (κ3) is 4.62. The van der Waals surface area contributed by atoms with Crippen LogP contribution in [-0.2, 0) is 16.1 Å². The number of urea groups is 1. The molecule has 7 nitrogen and oxygen atoms in total. The zero-order chi connectivity index (χ0) is 20.3. The van der Waals surface area contributed by atoms with Crippen LogP contribution in [0.5, 0.6) is 0 Å². The lowest BCUT2D eigenvalue weighted by atomic mass is 10.1. The van der Waals surface area contributed by atoms with Crippen LogP contribution in [0.2, 0.25) is 0 Å². The van der Waals surface area contributed by atoms with Crippen LogP contribution in [0.15, 0.2) is 45.3 Å². The fourth-order valence-electron chi connectivity index (χ4n) is 2.94. The SMILES string of the molecule is CC1(C)NC(=O)N(CCCC(=O)NCc2ccc(-c3ccc(Br)cc3)o2)C1=O. The number of furan rings is 1. The Morgan fingerprint density at radius 2 is 1.89 bits per heavy atom. The van der Waals surface area contributed by atoms with Gasteiger partial charge in [0.25, 0.3) is 5.91 Å². The lowest BCUT2D eigenvalue weighted by Gasteiger charge is -2.15. The summed E-state index contributed by atoms with van der Waals surface area (Å²) in [5, 5.41) is 5.41. The van der Waals surface area contributed by atoms with Crippen molar-refractivity contribution in [2.45, 2.75) is 38.8 Å². The summed E-state index contributed by atoms with van der Waals surface area (Å²) < 4.78 is 6.75. The van der Waals surface area contributed by atoms with Crippen molar-refractivity contribution in [3.63, 3.8) is 0 Å². The monoisotopic (exact) mass is 447 g/mol. The van der Waals surface area contributed by atoms with Crippen molar-refractivity contribution in [2.75, 3.05) is 6.54 Å². The fourth-order valence-corrected chi connectivity index (χ4v) is 3.20. The van der Waals surface area contributed by atoms with E-state index in [1.165, 1.54) is 0 Å². The van der Waals surface area contributed by atoms with Crippen molar-refractivity contribution < 1.29 is 18.8 Å². The van der Waals surface area contributed by atoms with Crippen molar-refractivity contribution in [1.82, 2.24) is 15.5 Å². The number of amides is 4. The lowest BCUT2D eigenvalue weighted by Crippen LogP contribution is -2.40. The number of halogens is 1. The van der Waals surface area contributed by atoms with Crippen molar-refractivity contribution in [3.05, 3.63) is 46.6 Å². The summed E-state index contributed by atoms with van der Waals surface area (Å²) >= 11 is 3.40. The molecule has 0 atom stereocenters. The zero-order valence-electron chi connectivity index (χ0n) is 15.8. The van der Waals surface area contributed by atoms with E-state index in [1.807, 2.05) is 36.4 Å². The van der Waals surface area contributed by atoms with E-state index in [-0.39, 0.29) is 31.3 Å². The molecule has 4 amide bonds. The Morgan fingerprint density at radius 3 is 2.54 bits per heavy atom. The Hall–Kier alpha value is -2.61. The average Bonchev–Trinajstić information content (AvgIpc) is 3.18. The summed E-state index contributed by atoms with van der Waals surface area (Å²) in [4.78, 5) is 37.1. The van der Waals surface area contributed by atoms with Crippen LogP contribution in [0.25, 0.3) is 11.3 Å². The van der Waals surface area contributed by atoms with Gasteiger partial charge in [-0.2, -0.15) is 0 Å². The van der Waals surface area contributed by atoms with Gasteiger partial charge in [-0.3, -0.25) is 14.5 Å². The maximum absolute atomic E-state index is 12.1. The Bertz CT molecular complexity index is 889. The average molecular weight is 448 g/mol. The molecular weight excluding hydrogens is 426 g/mol. The lowest BCUT2D eigenvalue weighted by molar-refractivity contribution is -0.130. The third-order valence-electron chi connectivity index (χ3n) is 4.48. The summed E-state index contributed by atoms with van der Waals surface area (Å²) in [6.45, 7) is 3.82. The van der Waals surface area contributed by atoms with E-state index in [9.17, 15) is 14.4 Å². The van der Waals surface area contributed by atoms with Gasteiger partial charge in [0.05, 0.1) is 6.54 Å². The maximum atomic E-state index is 12.1. The van der Waals surface area contributed by atoms with E-state index < -0.39 is 11.6 Å². The summed E-state index contributed by atoms with van der Waals surface area (Å²) in [5.74, 6) is 0.960. The highest BCUT2D eigenvalue weighted by Gasteiger charge is 2.43. The van der Waals surface area contributed by atoms with E-state index in [0.29, 0.717) is 12.2 Å². The molecule has 0 saturated carbocycles. The first-order chi connectivity index (χ1) is 13.3. The van der Waals surface area contributed by atoms with Crippen LogP contribution >= 0.6 is 15.9 Å². The van der Waals surface area contributed by atoms with Crippen LogP contribution in [0.3, 0.4) is 0 Å². The predicted molar refractivity (Wildman–Crippen MR) is 107 cm³/mol. The maximum Gasteiger partial charge on any atom is 0.325 e. The minimum Gasteiger partial charge on any atom is -0.459 e. The van der Waals surface area contributed by atoms with Gasteiger partial charge >= 0.3 is 6.03 Å². The molecule has 1 aliphatic heterocycles. The molecule has 0 radical (unpaired) electrons. The van der Waals surface area contributed by atoms with E-state index in [1.54, 1.807) is 13.8 Å². The van der Waals surface area contributed by atoms with Gasteiger partial charge in [-0.05, 0) is 44.5 Å². The molecule has 3 rings (SSSR count). The van der Waals surface area contributed by atoms with Crippen LogP contribution in [0.4, 0.5) is 4.79 Å². The van der Waals surface area contributed by atoms with Crippen LogP contribution < -0.4 is 10.6 Å². The normalized spacial score (nSPS) is 15.6. The summed E-state index contributed by atoms with van der Waals surface area (Å²) in [5.41, 5.74) is 0.0720. The number of hydrogen-bond acceptors (Lipinski definition) is 4. The molecule has 1 aliphatic rings. The molecule has 28 heavy (non-hydrogen) atoms. The third-order valence-corrected chi connectivity index (χ3v) is 5.01. The van der Waals surface area contributed by atoms with Gasteiger partial charge in [0.15, 0.2) is 0 Å². The first-order valence-corrected chi connectivity index (χ1v) is 9.81. The van der Waals surface area contributed by atoms with Gasteiger partial charge in [0, 0.05) is 23.0 Å². The molecule has 2 aromatic rings. The van der Waals surface area contributed by atoms with Crippen molar-refractivity contribution >= 4 is 33.8 Å². The predicted octanol–water partition coefficient (Wildman–Crippen LogP) is 3.44. The van der Waals surface area contributed by atoms with E-state index in [0.717, 1.165) is 20.7 Å². The molecule has 0 bridgehead atoms. The van der Waals surface area contributed by atoms with E-state index in [4.69, 9.17) is 4.42 Å². The molecular formula is C20H22BrN3O4. The summed E-state index contributed by atoms with van der Waals surface area (Å²) in [6, 6.07) is 11.0. The number of carbonyl (C=O) groups excluding carboxylic acids is 3. The molecule has 1 aromatic heterocycles. The molecule has 148 valence electrons. The molecule has 0 aliphatic carbocycles. The Morgan fingerprint density at radius 1 is 1.18 bits per heavy atom. The second-order valence-corrected chi connectivity index (χ2v) is 8.08. The number of hydrogen-bond donors (Lipinski definition) is 2. The van der Waals surface area contributed by atoms with Gasteiger partial charge in [-0.15, -0.1) is 0 Å². The number of nitrogens with one attached hydrogen (secondary N) is 2. The minimum atomic E-state index is -0.884. The molecule has 1 saturated heterocycles. The topological polar surface area (TPSA) is 91.7 Å². The highest BCUT2D eigenvalue weighted by atomic mass is 79.9. The summed E-state index contributed by atoms with van der Waals surface area (Å²) in [7, 11) is 0. The standard InChI is InChI=1S/C20H22BrN3O4/c1-20(2)18(26)24(19(27)23-20)11-3-4-17(25)22-12-15-9-10-16(28-15)13-5-7-14(21)8-6-13/h5-10H,3-4,11-12H2,1-2H3,(H,22,25)(H,23,27). The molecule has 2 N–H and O–H groups in total. The zero-order valence-corrected chi connectivity index (χ0v) is 17.3. The van der Waals surface area contributed by atoms with Gasteiger partial charge in [0.1, 0.15) is 17.1 Å². The molecule has 2 heterocycles. The second-order valence-electron chi connectivity index (χ2n) is 7.17. The second kappa shape index (κ2) is 8.18. The van der Waals surface area contributed by atoms with Gasteiger partial charge < -0.3 is 15.1 Å². The minimum absolute atomic E-state index is 0.159. The van der Waals surface area contributed by atoms with Crippen molar-refractivity contribution in [2.24, 2.45) is 0 Å². The molecule has 1 aromatic carbocycles. The molecule has 1 fully saturated rings. The molecule has 0 unspecified atom stereocenters. The quantitative estimate of drug-likeness (QED) is 0.635. The number of rotatable bonds is 7. The fraction of sp³-hybridized carbons (Fsp3) is 0.350. The van der Waals surface area contributed by atoms with Gasteiger partial charge in [-0.1, -0.05) is 28.1 Å². The number of nitrogens with zero attached hydrogens (tertiary/aromatic N) is 1. The van der Waals surface area contributed by atoms with Crippen LogP contribution in [0, 0.1) is 0 Å². The highest BCUT2D eigenvalue weighted by molar-refractivity contribution is 9.10. The van der Waals surface area contributed by atoms with Gasteiger partial charge in [0.2, 0.25) is 5.91 Å².